The van der Waals surface area contributed by atoms with Gasteiger partial charge in [-0.15, -0.1) is 0 Å². The fraction of sp³-hybridized carbons (Fsp3) is 0.950. The van der Waals surface area contributed by atoms with Crippen molar-refractivity contribution < 1.29 is 28.5 Å². The first-order chi connectivity index (χ1) is 12.7. The second-order valence-electron chi connectivity index (χ2n) is 8.15. The SMILES string of the molecule is CC(C)COC1COC[C@H](N)C(=O)OC[C@@H]1OCC(C)C.COCC(C)C. The van der Waals surface area contributed by atoms with Crippen molar-refractivity contribution in [2.75, 3.05) is 46.8 Å². The number of carbonyl (C=O) groups excluding carboxylic acids is 1. The Kier molecular flexibility index (Phi) is 14.8. The Labute approximate surface area is 165 Å². The molecular weight excluding hydrogens is 350 g/mol. The molecule has 0 aromatic rings. The van der Waals surface area contributed by atoms with Crippen LogP contribution in [0.5, 0.6) is 0 Å². The van der Waals surface area contributed by atoms with Crippen LogP contribution < -0.4 is 5.73 Å². The summed E-state index contributed by atoms with van der Waals surface area (Å²) >= 11 is 0. The van der Waals surface area contributed by atoms with Crippen LogP contribution >= 0.6 is 0 Å². The summed E-state index contributed by atoms with van der Waals surface area (Å²) < 4.78 is 27.2. The second kappa shape index (κ2) is 15.2. The zero-order valence-electron chi connectivity index (χ0n) is 18.2. The van der Waals surface area contributed by atoms with Crippen LogP contribution in [0, 0.1) is 17.8 Å². The van der Waals surface area contributed by atoms with Crippen LogP contribution in [0.4, 0.5) is 0 Å². The number of hydrogen-bond donors (Lipinski definition) is 1. The molecule has 162 valence electrons. The van der Waals surface area contributed by atoms with E-state index in [9.17, 15) is 4.79 Å². The van der Waals surface area contributed by atoms with E-state index in [2.05, 4.69) is 41.5 Å². The highest BCUT2D eigenvalue weighted by Crippen LogP contribution is 2.12. The van der Waals surface area contributed by atoms with Crippen molar-refractivity contribution in [3.05, 3.63) is 0 Å². The van der Waals surface area contributed by atoms with Crippen molar-refractivity contribution in [3.63, 3.8) is 0 Å². The maximum atomic E-state index is 11.7. The molecule has 0 aromatic carbocycles. The number of ether oxygens (including phenoxy) is 5. The first kappa shape index (κ1) is 26.3. The summed E-state index contributed by atoms with van der Waals surface area (Å²) in [5, 5.41) is 0. The average Bonchev–Trinajstić information content (AvgIpc) is 2.63. The first-order valence-corrected chi connectivity index (χ1v) is 9.89. The van der Waals surface area contributed by atoms with Crippen LogP contribution in [0.15, 0.2) is 0 Å². The molecule has 1 aliphatic rings. The summed E-state index contributed by atoms with van der Waals surface area (Å²) in [6.45, 7) is 15.2. The van der Waals surface area contributed by atoms with E-state index in [0.717, 1.165) is 6.61 Å². The van der Waals surface area contributed by atoms with Crippen molar-refractivity contribution in [2.45, 2.75) is 59.8 Å². The second-order valence-corrected chi connectivity index (χ2v) is 8.15. The van der Waals surface area contributed by atoms with Crippen molar-refractivity contribution in [3.8, 4) is 0 Å². The molecule has 0 amide bonds. The Morgan fingerprint density at radius 2 is 1.37 bits per heavy atom. The fourth-order valence-electron chi connectivity index (χ4n) is 2.14. The summed E-state index contributed by atoms with van der Waals surface area (Å²) in [5.41, 5.74) is 5.67. The molecule has 1 unspecified atom stereocenters. The molecule has 2 N–H and O–H groups in total. The molecule has 27 heavy (non-hydrogen) atoms. The van der Waals surface area contributed by atoms with Gasteiger partial charge in [0.15, 0.2) is 0 Å². The van der Waals surface area contributed by atoms with E-state index in [1.54, 1.807) is 7.11 Å². The number of nitrogens with two attached hydrogens (primary N) is 1. The zero-order valence-corrected chi connectivity index (χ0v) is 18.2. The van der Waals surface area contributed by atoms with Gasteiger partial charge in [0, 0.05) is 26.9 Å². The molecule has 7 nitrogen and oxygen atoms in total. The van der Waals surface area contributed by atoms with E-state index in [1.807, 2.05) is 0 Å². The average molecular weight is 392 g/mol. The molecule has 0 saturated carbocycles. The van der Waals surface area contributed by atoms with Crippen molar-refractivity contribution in [2.24, 2.45) is 23.5 Å². The zero-order chi connectivity index (χ0) is 20.8. The van der Waals surface area contributed by atoms with E-state index in [-0.39, 0.29) is 25.4 Å². The van der Waals surface area contributed by atoms with Crippen LogP contribution in [0.1, 0.15) is 41.5 Å². The fourth-order valence-corrected chi connectivity index (χ4v) is 2.14. The predicted octanol–water partition coefficient (Wildman–Crippen LogP) is 2.26. The lowest BCUT2D eigenvalue weighted by Gasteiger charge is -2.27. The van der Waals surface area contributed by atoms with E-state index >= 15 is 0 Å². The summed E-state index contributed by atoms with van der Waals surface area (Å²) in [6, 6.07) is -0.750. The molecule has 1 aliphatic heterocycles. The molecule has 0 aromatic heterocycles. The van der Waals surface area contributed by atoms with Gasteiger partial charge in [0.25, 0.3) is 0 Å². The van der Waals surface area contributed by atoms with Crippen molar-refractivity contribution in [1.29, 1.82) is 0 Å². The Bertz CT molecular complexity index is 375. The lowest BCUT2D eigenvalue weighted by molar-refractivity contribution is -0.155. The number of esters is 1. The Morgan fingerprint density at radius 3 is 1.78 bits per heavy atom. The van der Waals surface area contributed by atoms with Crippen LogP contribution in [-0.4, -0.2) is 71.0 Å². The molecule has 7 heteroatoms. The molecule has 1 heterocycles. The smallest absolute Gasteiger partial charge is 0.325 e. The molecule has 1 saturated heterocycles. The Hall–Kier alpha value is -0.730. The van der Waals surface area contributed by atoms with E-state index in [0.29, 0.717) is 37.6 Å². The number of carbonyl (C=O) groups is 1. The van der Waals surface area contributed by atoms with Crippen LogP contribution in [-0.2, 0) is 28.5 Å². The molecule has 1 rings (SSSR count). The van der Waals surface area contributed by atoms with Gasteiger partial charge >= 0.3 is 5.97 Å². The summed E-state index contributed by atoms with van der Waals surface area (Å²) in [7, 11) is 1.72. The van der Waals surface area contributed by atoms with Gasteiger partial charge in [0.1, 0.15) is 24.9 Å². The maximum absolute atomic E-state index is 11.7. The minimum Gasteiger partial charge on any atom is -0.462 e. The predicted molar refractivity (Wildman–Crippen MR) is 106 cm³/mol. The third-order valence-electron chi connectivity index (χ3n) is 3.47. The van der Waals surface area contributed by atoms with E-state index in [1.165, 1.54) is 0 Å². The Morgan fingerprint density at radius 1 is 0.889 bits per heavy atom. The third-order valence-corrected chi connectivity index (χ3v) is 3.47. The van der Waals surface area contributed by atoms with E-state index in [4.69, 9.17) is 29.4 Å². The monoisotopic (exact) mass is 391 g/mol. The molecule has 0 radical (unpaired) electrons. The van der Waals surface area contributed by atoms with Gasteiger partial charge in [-0.25, -0.2) is 0 Å². The molecule has 0 bridgehead atoms. The van der Waals surface area contributed by atoms with Gasteiger partial charge in [0.2, 0.25) is 0 Å². The summed E-state index contributed by atoms with van der Waals surface area (Å²) in [4.78, 5) is 11.7. The maximum Gasteiger partial charge on any atom is 0.325 e. The van der Waals surface area contributed by atoms with Gasteiger partial charge in [-0.05, 0) is 17.8 Å². The lowest BCUT2D eigenvalue weighted by Crippen LogP contribution is -2.40. The number of methoxy groups -OCH3 is 1. The number of cyclic esters (lactones) is 1. The third kappa shape index (κ3) is 14.0. The van der Waals surface area contributed by atoms with Gasteiger partial charge in [0.05, 0.1) is 13.2 Å². The summed E-state index contributed by atoms with van der Waals surface area (Å²) in [5.74, 6) is 1.02. The quantitative estimate of drug-likeness (QED) is 0.635. The largest absolute Gasteiger partial charge is 0.462 e. The molecule has 1 fully saturated rings. The molecule has 3 atom stereocenters. The minimum absolute atomic E-state index is 0.136. The van der Waals surface area contributed by atoms with Gasteiger partial charge in [-0.1, -0.05) is 41.5 Å². The van der Waals surface area contributed by atoms with Gasteiger partial charge < -0.3 is 29.4 Å². The first-order valence-electron chi connectivity index (χ1n) is 9.89. The Balaban J connectivity index is 0.000000972. The number of hydrogen-bond acceptors (Lipinski definition) is 7. The molecule has 0 spiro atoms. The summed E-state index contributed by atoms with van der Waals surface area (Å²) in [6.07, 6.45) is -0.593. The normalized spacial score (nSPS) is 24.1. The standard InChI is InChI=1S/C15H29NO5.C5H12O/c1-10(2)5-19-13-8-18-7-12(16)15(17)21-9-14(13)20-6-11(3)4;1-5(2)4-6-3/h10-14H,5-9,16H2,1-4H3;5H,4H2,1-3H3/t12-,13?,14-;/m0./s1. The van der Waals surface area contributed by atoms with Crippen LogP contribution in [0.2, 0.25) is 0 Å². The minimum atomic E-state index is -0.750. The molecular formula is C20H41NO6. The van der Waals surface area contributed by atoms with Gasteiger partial charge in [-0.3, -0.25) is 4.79 Å². The van der Waals surface area contributed by atoms with Crippen molar-refractivity contribution in [1.82, 2.24) is 0 Å². The van der Waals surface area contributed by atoms with Crippen LogP contribution in [0.3, 0.4) is 0 Å². The topological polar surface area (TPSA) is 89.2 Å². The highest BCUT2D eigenvalue weighted by Gasteiger charge is 2.29. The lowest BCUT2D eigenvalue weighted by atomic mass is 10.2. The van der Waals surface area contributed by atoms with Gasteiger partial charge in [-0.2, -0.15) is 0 Å². The number of rotatable bonds is 8. The van der Waals surface area contributed by atoms with Crippen molar-refractivity contribution >= 4 is 5.97 Å². The van der Waals surface area contributed by atoms with Crippen LogP contribution in [0.25, 0.3) is 0 Å². The highest BCUT2D eigenvalue weighted by atomic mass is 16.6. The molecule has 0 aliphatic carbocycles. The highest BCUT2D eigenvalue weighted by molar-refractivity contribution is 5.75. The van der Waals surface area contributed by atoms with E-state index < -0.39 is 12.0 Å².